The zero-order valence-electron chi connectivity index (χ0n) is 10.5. The molecule has 0 fully saturated rings. The van der Waals surface area contributed by atoms with E-state index in [0.717, 1.165) is 18.7 Å². The van der Waals surface area contributed by atoms with Crippen molar-refractivity contribution in [3.63, 3.8) is 0 Å². The summed E-state index contributed by atoms with van der Waals surface area (Å²) in [5.41, 5.74) is 3.93. The number of nitrogens with zero attached hydrogens (tertiary/aromatic N) is 1. The second-order valence-electron chi connectivity index (χ2n) is 5.51. The average Bonchev–Trinajstić information content (AvgIpc) is 2.58. The highest BCUT2D eigenvalue weighted by Crippen LogP contribution is 2.32. The summed E-state index contributed by atoms with van der Waals surface area (Å²) in [6.07, 6.45) is 0.985. The monoisotopic (exact) mass is 217 g/mol. The van der Waals surface area contributed by atoms with Crippen LogP contribution in [0.4, 0.5) is 5.69 Å². The first-order valence-corrected chi connectivity index (χ1v) is 5.81. The molecule has 1 aliphatic rings. The average molecular weight is 217 g/mol. The van der Waals surface area contributed by atoms with Crippen LogP contribution in [-0.4, -0.2) is 12.5 Å². The predicted molar refractivity (Wildman–Crippen MR) is 66.9 cm³/mol. The fourth-order valence-corrected chi connectivity index (χ4v) is 2.20. The minimum Gasteiger partial charge on any atom is -0.312 e. The fraction of sp³-hybridized carbons (Fsp3) is 0.500. The van der Waals surface area contributed by atoms with Crippen LogP contribution in [0.1, 0.15) is 38.8 Å². The van der Waals surface area contributed by atoms with E-state index in [0.29, 0.717) is 0 Å². The highest BCUT2D eigenvalue weighted by atomic mass is 16.2. The maximum atomic E-state index is 11.4. The van der Waals surface area contributed by atoms with Gasteiger partial charge >= 0.3 is 0 Å². The lowest BCUT2D eigenvalue weighted by molar-refractivity contribution is -0.116. The lowest BCUT2D eigenvalue weighted by Crippen LogP contribution is -2.25. The number of anilines is 1. The van der Waals surface area contributed by atoms with Crippen molar-refractivity contribution in [2.45, 2.75) is 39.5 Å². The van der Waals surface area contributed by atoms with E-state index >= 15 is 0 Å². The second-order valence-corrected chi connectivity index (χ2v) is 5.51. The topological polar surface area (TPSA) is 20.3 Å². The van der Waals surface area contributed by atoms with Gasteiger partial charge in [0.05, 0.1) is 0 Å². The van der Waals surface area contributed by atoms with Crippen molar-refractivity contribution in [3.05, 3.63) is 29.3 Å². The molecule has 0 aliphatic carbocycles. The molecule has 1 aromatic carbocycles. The van der Waals surface area contributed by atoms with Gasteiger partial charge in [-0.1, -0.05) is 32.9 Å². The van der Waals surface area contributed by atoms with Gasteiger partial charge in [-0.2, -0.15) is 0 Å². The lowest BCUT2D eigenvalue weighted by Gasteiger charge is -2.21. The number of amides is 1. The lowest BCUT2D eigenvalue weighted by atomic mass is 9.86. The standard InChI is InChI=1S/C14H19NO/c1-10(16)15-8-7-11-9-12(14(2,3)4)5-6-13(11)15/h5-6,9H,7-8H2,1-4H3. The van der Waals surface area contributed by atoms with E-state index in [1.165, 1.54) is 11.1 Å². The summed E-state index contributed by atoms with van der Waals surface area (Å²) < 4.78 is 0. The van der Waals surface area contributed by atoms with Crippen LogP contribution in [0.5, 0.6) is 0 Å². The molecule has 0 unspecified atom stereocenters. The third-order valence-corrected chi connectivity index (χ3v) is 3.22. The van der Waals surface area contributed by atoms with Gasteiger partial charge in [0.1, 0.15) is 0 Å². The molecule has 2 nitrogen and oxygen atoms in total. The number of carbonyl (C=O) groups is 1. The summed E-state index contributed by atoms with van der Waals surface area (Å²) in [5.74, 6) is 0.141. The number of carbonyl (C=O) groups excluding carboxylic acids is 1. The van der Waals surface area contributed by atoms with E-state index < -0.39 is 0 Å². The van der Waals surface area contributed by atoms with Crippen molar-refractivity contribution in [1.82, 2.24) is 0 Å². The Morgan fingerprint density at radius 1 is 1.31 bits per heavy atom. The molecule has 86 valence electrons. The van der Waals surface area contributed by atoms with Crippen LogP contribution >= 0.6 is 0 Å². The zero-order valence-corrected chi connectivity index (χ0v) is 10.5. The largest absolute Gasteiger partial charge is 0.312 e. The molecular formula is C14H19NO. The third kappa shape index (κ3) is 1.84. The summed E-state index contributed by atoms with van der Waals surface area (Å²) >= 11 is 0. The Bertz CT molecular complexity index is 429. The van der Waals surface area contributed by atoms with Gasteiger partial charge in [-0.15, -0.1) is 0 Å². The second kappa shape index (κ2) is 3.62. The Labute approximate surface area is 97.3 Å². The number of benzene rings is 1. The van der Waals surface area contributed by atoms with Crippen molar-refractivity contribution in [2.24, 2.45) is 0 Å². The van der Waals surface area contributed by atoms with Gasteiger partial charge < -0.3 is 4.90 Å². The Balaban J connectivity index is 2.40. The van der Waals surface area contributed by atoms with Crippen LogP contribution in [0.3, 0.4) is 0 Å². The Kier molecular flexibility index (Phi) is 2.53. The summed E-state index contributed by atoms with van der Waals surface area (Å²) in [6.45, 7) is 9.11. The van der Waals surface area contributed by atoms with Gasteiger partial charge in [-0.05, 0) is 29.0 Å². The molecule has 0 N–H and O–H groups in total. The van der Waals surface area contributed by atoms with E-state index in [1.54, 1.807) is 6.92 Å². The van der Waals surface area contributed by atoms with Crippen LogP contribution in [0, 0.1) is 0 Å². The Hall–Kier alpha value is -1.31. The molecule has 0 atom stereocenters. The minimum absolute atomic E-state index is 0.141. The molecule has 0 radical (unpaired) electrons. The fourth-order valence-electron chi connectivity index (χ4n) is 2.20. The molecule has 16 heavy (non-hydrogen) atoms. The Morgan fingerprint density at radius 3 is 2.56 bits per heavy atom. The number of hydrogen-bond donors (Lipinski definition) is 0. The number of hydrogen-bond acceptors (Lipinski definition) is 1. The molecule has 1 aliphatic heterocycles. The van der Waals surface area contributed by atoms with Crippen LogP contribution in [-0.2, 0) is 16.6 Å². The van der Waals surface area contributed by atoms with Crippen molar-refractivity contribution in [2.75, 3.05) is 11.4 Å². The van der Waals surface area contributed by atoms with Crippen LogP contribution in [0.15, 0.2) is 18.2 Å². The summed E-state index contributed by atoms with van der Waals surface area (Å²) in [4.78, 5) is 13.3. The quantitative estimate of drug-likeness (QED) is 0.654. The minimum atomic E-state index is 0.141. The van der Waals surface area contributed by atoms with Gasteiger partial charge in [-0.3, -0.25) is 4.79 Å². The molecule has 0 saturated heterocycles. The molecule has 1 aromatic rings. The summed E-state index contributed by atoms with van der Waals surface area (Å²) in [6, 6.07) is 6.47. The summed E-state index contributed by atoms with van der Waals surface area (Å²) in [5, 5.41) is 0. The van der Waals surface area contributed by atoms with E-state index in [9.17, 15) is 4.79 Å². The normalized spacial score (nSPS) is 15.1. The first kappa shape index (κ1) is 11.2. The predicted octanol–water partition coefficient (Wildman–Crippen LogP) is 2.89. The first-order chi connectivity index (χ1) is 7.39. The van der Waals surface area contributed by atoms with Crippen LogP contribution in [0.2, 0.25) is 0 Å². The third-order valence-electron chi connectivity index (χ3n) is 3.22. The molecule has 0 spiro atoms. The molecular weight excluding hydrogens is 198 g/mol. The highest BCUT2D eigenvalue weighted by Gasteiger charge is 2.24. The van der Waals surface area contributed by atoms with Crippen molar-refractivity contribution in [3.8, 4) is 0 Å². The molecule has 2 rings (SSSR count). The van der Waals surface area contributed by atoms with Crippen molar-refractivity contribution >= 4 is 11.6 Å². The molecule has 1 amide bonds. The molecule has 0 aromatic heterocycles. The number of fused-ring (bicyclic) bond motifs is 1. The highest BCUT2D eigenvalue weighted by molar-refractivity contribution is 5.93. The molecule has 0 saturated carbocycles. The van der Waals surface area contributed by atoms with Gasteiger partial charge in [0, 0.05) is 19.2 Å². The molecule has 1 heterocycles. The van der Waals surface area contributed by atoms with E-state index in [2.05, 4.69) is 39.0 Å². The van der Waals surface area contributed by atoms with Crippen LogP contribution < -0.4 is 4.90 Å². The molecule has 0 bridgehead atoms. The maximum Gasteiger partial charge on any atom is 0.223 e. The molecule has 2 heteroatoms. The van der Waals surface area contributed by atoms with Gasteiger partial charge in [-0.25, -0.2) is 0 Å². The Morgan fingerprint density at radius 2 is 2.00 bits per heavy atom. The van der Waals surface area contributed by atoms with Crippen molar-refractivity contribution < 1.29 is 4.79 Å². The van der Waals surface area contributed by atoms with Gasteiger partial charge in [0.2, 0.25) is 5.91 Å². The van der Waals surface area contributed by atoms with Gasteiger partial charge in [0.25, 0.3) is 0 Å². The van der Waals surface area contributed by atoms with E-state index in [-0.39, 0.29) is 11.3 Å². The van der Waals surface area contributed by atoms with Crippen LogP contribution in [0.25, 0.3) is 0 Å². The first-order valence-electron chi connectivity index (χ1n) is 5.81. The summed E-state index contributed by atoms with van der Waals surface area (Å²) in [7, 11) is 0. The number of rotatable bonds is 0. The van der Waals surface area contributed by atoms with Crippen molar-refractivity contribution in [1.29, 1.82) is 0 Å². The van der Waals surface area contributed by atoms with E-state index in [1.807, 2.05) is 4.90 Å². The van der Waals surface area contributed by atoms with Gasteiger partial charge in [0.15, 0.2) is 0 Å². The van der Waals surface area contributed by atoms with E-state index in [4.69, 9.17) is 0 Å². The SMILES string of the molecule is CC(=O)N1CCc2cc(C(C)(C)C)ccc21. The maximum absolute atomic E-state index is 11.4. The zero-order chi connectivity index (χ0) is 11.9. The smallest absolute Gasteiger partial charge is 0.223 e.